The molecule has 292 valence electrons. The molecule has 0 aliphatic heterocycles. The van der Waals surface area contributed by atoms with Crippen LogP contribution in [0.3, 0.4) is 0 Å². The van der Waals surface area contributed by atoms with Gasteiger partial charge in [-0.05, 0) is 34.1 Å². The molecule has 0 amide bonds. The van der Waals surface area contributed by atoms with Crippen LogP contribution < -0.4 is 18.9 Å². The van der Waals surface area contributed by atoms with E-state index >= 15 is 17.6 Å². The van der Waals surface area contributed by atoms with Crippen LogP contribution in [-0.2, 0) is 15.6 Å². The molecule has 1 aliphatic carbocycles. The van der Waals surface area contributed by atoms with E-state index in [2.05, 4.69) is 0 Å². The van der Waals surface area contributed by atoms with Gasteiger partial charge in [-0.1, -0.05) is 90.1 Å². The van der Waals surface area contributed by atoms with E-state index in [4.69, 9.17) is 27.8 Å². The molecular formula is C45H42F4O7. The van der Waals surface area contributed by atoms with Gasteiger partial charge in [0.25, 0.3) is 0 Å². The van der Waals surface area contributed by atoms with Crippen LogP contribution in [0.15, 0.2) is 81.6 Å². The van der Waals surface area contributed by atoms with Crippen molar-refractivity contribution in [3.8, 4) is 45.6 Å². The maximum atomic E-state index is 17.0. The Morgan fingerprint density at radius 3 is 1.25 bits per heavy atom. The number of benzene rings is 4. The molecule has 2 heterocycles. The van der Waals surface area contributed by atoms with Gasteiger partial charge in [-0.15, -0.1) is 0 Å². The molecule has 0 saturated heterocycles. The van der Waals surface area contributed by atoms with Gasteiger partial charge in [0, 0.05) is 50.7 Å². The second-order valence-electron chi connectivity index (χ2n) is 15.9. The Morgan fingerprint density at radius 2 is 0.875 bits per heavy atom. The molecule has 0 atom stereocenters. The maximum absolute atomic E-state index is 17.0. The number of methoxy groups -OCH3 is 4. The number of alkyl halides is 4. The third-order valence-electron chi connectivity index (χ3n) is 10.4. The largest absolute Gasteiger partial charge is 0.493 e. The Labute approximate surface area is 321 Å². The van der Waals surface area contributed by atoms with Crippen molar-refractivity contribution in [3.05, 3.63) is 95.1 Å². The number of fused-ring (bicyclic) bond motifs is 2. The zero-order valence-corrected chi connectivity index (χ0v) is 32.8. The first-order chi connectivity index (χ1) is 26.3. The second-order valence-corrected chi connectivity index (χ2v) is 15.9. The fourth-order valence-corrected chi connectivity index (χ4v) is 7.24. The molecule has 0 fully saturated rings. The van der Waals surface area contributed by atoms with Crippen molar-refractivity contribution in [2.24, 2.45) is 0 Å². The normalized spacial score (nSPS) is 15.6. The predicted molar refractivity (Wildman–Crippen MR) is 209 cm³/mol. The van der Waals surface area contributed by atoms with Gasteiger partial charge < -0.3 is 27.8 Å². The lowest BCUT2D eigenvalue weighted by atomic mass is 9.85. The third kappa shape index (κ3) is 5.90. The molecule has 6 aromatic rings. The van der Waals surface area contributed by atoms with E-state index in [0.717, 1.165) is 11.1 Å². The molecule has 1 aliphatic rings. The Balaban J connectivity index is 1.66. The molecule has 0 unspecified atom stereocenters. The minimum atomic E-state index is -5.17. The van der Waals surface area contributed by atoms with Crippen molar-refractivity contribution in [2.75, 3.05) is 28.4 Å². The quantitative estimate of drug-likeness (QED) is 0.143. The second kappa shape index (κ2) is 13.2. The molecule has 0 bridgehead atoms. The monoisotopic (exact) mass is 770 g/mol. The number of rotatable bonds is 8. The molecule has 7 rings (SSSR count). The number of carbonyl (C=O) groups excluding carboxylic acids is 1. The van der Waals surface area contributed by atoms with Crippen LogP contribution in [0.2, 0.25) is 0 Å². The number of carbonyl (C=O) groups is 1. The zero-order chi connectivity index (χ0) is 40.7. The number of Topliss-reactive ketones (excluding diaryl/α,β-unsaturated/α-hetero) is 1. The Bertz CT molecular complexity index is 2540. The summed E-state index contributed by atoms with van der Waals surface area (Å²) in [4.78, 5) is 14.2. The highest BCUT2D eigenvalue weighted by atomic mass is 19.3. The first-order valence-corrected chi connectivity index (χ1v) is 17.9. The molecule has 56 heavy (non-hydrogen) atoms. The van der Waals surface area contributed by atoms with Crippen molar-refractivity contribution in [3.63, 3.8) is 0 Å². The van der Waals surface area contributed by atoms with E-state index in [1.54, 1.807) is 24.3 Å². The standard InChI is InChI=1S/C45H42F4O7/c1-42(2,3)25-15-11-23(12-16-25)39-35(27-19-31(51-7)33(53-9)21-29(27)55-39)37-38(44(46,47)45(48,49)41(37)50)36-28-20-32(52-8)34(54-10)22-30(28)56-40(36)24-13-17-26(18-14-24)43(4,5)6/h11-22H,1-10H3. The molecule has 0 radical (unpaired) electrons. The van der Waals surface area contributed by atoms with Crippen molar-refractivity contribution in [1.82, 2.24) is 0 Å². The van der Waals surface area contributed by atoms with Crippen molar-refractivity contribution in [2.45, 2.75) is 64.2 Å². The Morgan fingerprint density at radius 1 is 0.518 bits per heavy atom. The molecular weight excluding hydrogens is 728 g/mol. The van der Waals surface area contributed by atoms with Crippen molar-refractivity contribution in [1.29, 1.82) is 0 Å². The number of furan rings is 2. The average Bonchev–Trinajstić information content (AvgIpc) is 3.75. The third-order valence-corrected chi connectivity index (χ3v) is 10.4. The highest BCUT2D eigenvalue weighted by molar-refractivity contribution is 6.39. The van der Waals surface area contributed by atoms with E-state index in [0.29, 0.717) is 11.1 Å². The van der Waals surface area contributed by atoms with Crippen LogP contribution in [0.1, 0.15) is 63.8 Å². The topological polar surface area (TPSA) is 80.3 Å². The summed E-state index contributed by atoms with van der Waals surface area (Å²) >= 11 is 0. The number of ketones is 1. The summed E-state index contributed by atoms with van der Waals surface area (Å²) in [5.41, 5.74) is -0.618. The number of hydrogen-bond acceptors (Lipinski definition) is 7. The lowest BCUT2D eigenvalue weighted by Gasteiger charge is -2.21. The number of hydrogen-bond donors (Lipinski definition) is 0. The summed E-state index contributed by atoms with van der Waals surface area (Å²) in [5, 5.41) is 0.0772. The molecule has 0 saturated carbocycles. The summed E-state index contributed by atoms with van der Waals surface area (Å²) in [6, 6.07) is 19.8. The van der Waals surface area contributed by atoms with Gasteiger partial charge in [-0.3, -0.25) is 4.79 Å². The molecule has 0 N–H and O–H groups in total. The minimum absolute atomic E-state index is 0.00152. The maximum Gasteiger partial charge on any atom is 0.376 e. The molecule has 7 nitrogen and oxygen atoms in total. The highest BCUT2D eigenvalue weighted by Crippen LogP contribution is 2.61. The van der Waals surface area contributed by atoms with Gasteiger partial charge in [-0.25, -0.2) is 0 Å². The number of allylic oxidation sites excluding steroid dienone is 2. The smallest absolute Gasteiger partial charge is 0.376 e. The molecule has 4 aromatic carbocycles. The highest BCUT2D eigenvalue weighted by Gasteiger charge is 2.71. The number of halogens is 4. The fraction of sp³-hybridized carbons (Fsp3) is 0.311. The van der Waals surface area contributed by atoms with E-state index in [1.165, 1.54) is 52.7 Å². The summed E-state index contributed by atoms with van der Waals surface area (Å²) in [6.45, 7) is 12.1. The van der Waals surface area contributed by atoms with Gasteiger partial charge in [0.2, 0.25) is 5.78 Å². The van der Waals surface area contributed by atoms with Crippen LogP contribution in [0.4, 0.5) is 17.6 Å². The first kappa shape index (κ1) is 38.6. The summed E-state index contributed by atoms with van der Waals surface area (Å²) in [5.74, 6) is -11.8. The van der Waals surface area contributed by atoms with Crippen LogP contribution in [0.5, 0.6) is 23.0 Å². The van der Waals surface area contributed by atoms with Crippen LogP contribution in [0.25, 0.3) is 55.7 Å². The van der Waals surface area contributed by atoms with Gasteiger partial charge in [0.15, 0.2) is 23.0 Å². The average molecular weight is 771 g/mol. The lowest BCUT2D eigenvalue weighted by molar-refractivity contribution is -0.175. The Hall–Kier alpha value is -5.71. The Kier molecular flexibility index (Phi) is 9.09. The van der Waals surface area contributed by atoms with Crippen LogP contribution in [-0.4, -0.2) is 46.1 Å². The summed E-state index contributed by atoms with van der Waals surface area (Å²) in [7, 11) is 5.54. The van der Waals surface area contributed by atoms with Gasteiger partial charge in [-0.2, -0.15) is 17.6 Å². The zero-order valence-electron chi connectivity index (χ0n) is 32.8. The predicted octanol–water partition coefficient (Wildman–Crippen LogP) is 11.9. The van der Waals surface area contributed by atoms with Crippen molar-refractivity contribution >= 4 is 38.9 Å². The van der Waals surface area contributed by atoms with Crippen LogP contribution in [0, 0.1) is 0 Å². The fourth-order valence-electron chi connectivity index (χ4n) is 7.24. The van der Waals surface area contributed by atoms with Crippen molar-refractivity contribution < 1.29 is 50.1 Å². The van der Waals surface area contributed by atoms with E-state index in [1.807, 2.05) is 65.8 Å². The number of ether oxygens (including phenoxy) is 4. The molecule has 11 heteroatoms. The summed E-state index contributed by atoms with van der Waals surface area (Å²) < 4.78 is 101. The van der Waals surface area contributed by atoms with Gasteiger partial charge in [0.1, 0.15) is 22.7 Å². The van der Waals surface area contributed by atoms with Crippen LogP contribution >= 0.6 is 0 Å². The van der Waals surface area contributed by atoms with Gasteiger partial charge in [0.05, 0.1) is 34.0 Å². The van der Waals surface area contributed by atoms with E-state index in [9.17, 15) is 4.79 Å². The van der Waals surface area contributed by atoms with E-state index in [-0.39, 0.29) is 72.9 Å². The van der Waals surface area contributed by atoms with Gasteiger partial charge >= 0.3 is 11.8 Å². The first-order valence-electron chi connectivity index (χ1n) is 17.9. The lowest BCUT2D eigenvalue weighted by Crippen LogP contribution is -2.42. The molecule has 2 aromatic heterocycles. The minimum Gasteiger partial charge on any atom is -0.493 e. The summed E-state index contributed by atoms with van der Waals surface area (Å²) in [6.07, 6.45) is 0. The van der Waals surface area contributed by atoms with E-state index < -0.39 is 34.3 Å². The SMILES string of the molecule is COc1cc2oc(-c3ccc(C(C)(C)C)cc3)c(C3=C(c4c(-c5ccc(C(C)(C)C)cc5)oc5cc(OC)c(OC)cc45)C(F)(F)C(F)(F)C3=O)c2cc1OC. The molecule has 0 spiro atoms.